The van der Waals surface area contributed by atoms with Crippen LogP contribution in [0.25, 0.3) is 0 Å². The average Bonchev–Trinajstić information content (AvgIpc) is 2.29. The van der Waals surface area contributed by atoms with Gasteiger partial charge in [-0.1, -0.05) is 38.1 Å². The van der Waals surface area contributed by atoms with Crippen molar-refractivity contribution >= 4 is 10.4 Å². The summed E-state index contributed by atoms with van der Waals surface area (Å²) in [6.07, 6.45) is 6.13. The molecular formula is C10H20Na2O7S. The van der Waals surface area contributed by atoms with Gasteiger partial charge >= 0.3 is 59.1 Å². The smallest absolute Gasteiger partial charge is 0.759 e. The van der Waals surface area contributed by atoms with E-state index in [4.69, 9.17) is 22.4 Å². The average molecular weight is 330 g/mol. The molecule has 110 valence electrons. The van der Waals surface area contributed by atoms with Gasteiger partial charge in [0.05, 0.1) is 6.61 Å². The molecule has 7 nitrogen and oxygen atoms in total. The molecular weight excluding hydrogens is 310 g/mol. The molecule has 0 spiro atoms. The normalized spacial score (nSPS) is 19.7. The Kier molecular flexibility index (Phi) is 20.8. The molecule has 0 N–H and O–H groups in total. The van der Waals surface area contributed by atoms with E-state index in [-0.39, 0.29) is 65.2 Å². The van der Waals surface area contributed by atoms with Crippen LogP contribution in [0.2, 0.25) is 0 Å². The Labute approximate surface area is 165 Å². The summed E-state index contributed by atoms with van der Waals surface area (Å²) in [5.41, 5.74) is 0. The van der Waals surface area contributed by atoms with Crippen molar-refractivity contribution in [3.05, 3.63) is 0 Å². The van der Waals surface area contributed by atoms with Crippen LogP contribution in [0.15, 0.2) is 0 Å². The van der Waals surface area contributed by atoms with Crippen LogP contribution in [0.4, 0.5) is 0 Å². The van der Waals surface area contributed by atoms with E-state index in [1.165, 1.54) is 19.3 Å². The second-order valence-electron chi connectivity index (χ2n) is 4.03. The van der Waals surface area contributed by atoms with Crippen molar-refractivity contribution in [2.24, 2.45) is 5.92 Å². The molecule has 0 aromatic heterocycles. The van der Waals surface area contributed by atoms with Crippen LogP contribution in [0, 0.1) is 5.92 Å². The van der Waals surface area contributed by atoms with E-state index in [0.717, 1.165) is 12.8 Å². The maximum Gasteiger partial charge on any atom is 1.00 e. The largest absolute Gasteiger partial charge is 1.00 e. The third-order valence-corrected chi connectivity index (χ3v) is 2.68. The number of rotatable bonds is 5. The zero-order chi connectivity index (χ0) is 14.0. The summed E-state index contributed by atoms with van der Waals surface area (Å²) < 4.78 is 34.1. The van der Waals surface area contributed by atoms with E-state index in [2.05, 4.69) is 23.8 Å². The molecule has 1 heterocycles. The van der Waals surface area contributed by atoms with Crippen LogP contribution in [-0.4, -0.2) is 30.2 Å². The number of unbranched alkanes of at least 4 members (excludes halogenated alkanes) is 1. The first-order valence-corrected chi connectivity index (χ1v) is 7.33. The molecule has 0 saturated carbocycles. The van der Waals surface area contributed by atoms with Crippen molar-refractivity contribution in [1.82, 2.24) is 0 Å². The van der Waals surface area contributed by atoms with Crippen molar-refractivity contribution in [3.63, 3.8) is 0 Å². The first-order valence-electron chi connectivity index (χ1n) is 6.00. The van der Waals surface area contributed by atoms with Gasteiger partial charge in [0.1, 0.15) is 6.10 Å². The maximum absolute atomic E-state index is 8.52. The second kappa shape index (κ2) is 15.6. The molecule has 10 heteroatoms. The number of hydrogen-bond donors (Lipinski definition) is 0. The summed E-state index contributed by atoms with van der Waals surface area (Å²) in [5, 5.41) is 4.54. The van der Waals surface area contributed by atoms with Crippen molar-refractivity contribution in [1.29, 1.82) is 0 Å². The Hall–Kier alpha value is 1.75. The number of hydrogen-bond acceptors (Lipinski definition) is 7. The van der Waals surface area contributed by atoms with E-state index in [1.807, 2.05) is 0 Å². The molecule has 2 atom stereocenters. The summed E-state index contributed by atoms with van der Waals surface area (Å²) in [6, 6.07) is 0. The summed E-state index contributed by atoms with van der Waals surface area (Å²) in [4.78, 5) is 9.78. The third-order valence-electron chi connectivity index (χ3n) is 2.68. The Bertz CT molecular complexity index is 286. The van der Waals surface area contributed by atoms with Crippen LogP contribution in [0.3, 0.4) is 0 Å². The Morgan fingerprint density at radius 1 is 1.25 bits per heavy atom. The Balaban J connectivity index is -0.000000361. The van der Waals surface area contributed by atoms with E-state index in [1.54, 1.807) is 0 Å². The fraction of sp³-hybridized carbons (Fsp3) is 1.00. The molecule has 1 saturated heterocycles. The predicted octanol–water partition coefficient (Wildman–Crippen LogP) is -4.48. The van der Waals surface area contributed by atoms with E-state index < -0.39 is 10.4 Å². The van der Waals surface area contributed by atoms with Gasteiger partial charge in [0, 0.05) is 16.8 Å². The van der Waals surface area contributed by atoms with Gasteiger partial charge in [-0.05, 0) is 12.3 Å². The minimum atomic E-state index is -5.17. The first kappa shape index (κ1) is 26.6. The van der Waals surface area contributed by atoms with Crippen LogP contribution < -0.4 is 59.1 Å². The van der Waals surface area contributed by atoms with Gasteiger partial charge < -0.3 is 9.11 Å². The van der Waals surface area contributed by atoms with Gasteiger partial charge in [0.2, 0.25) is 0 Å². The Morgan fingerprint density at radius 3 is 2.15 bits per heavy atom. The van der Waals surface area contributed by atoms with Crippen molar-refractivity contribution in [3.8, 4) is 0 Å². The van der Waals surface area contributed by atoms with Gasteiger partial charge in [0.15, 0.2) is 0 Å². The molecule has 1 rings (SSSR count). The minimum absolute atomic E-state index is 0. The fourth-order valence-corrected chi connectivity index (χ4v) is 1.76. The fourth-order valence-electron chi connectivity index (χ4n) is 1.76. The molecule has 0 aromatic carbocycles. The van der Waals surface area contributed by atoms with Gasteiger partial charge in [-0.15, -0.1) is 0 Å². The molecule has 1 aliphatic rings. The maximum atomic E-state index is 8.52. The standard InChI is InChI=1S/C10H20O3.2Na.H2O4S/c1-3-5-6-9(4-2)10-7-8-11-13-12-10;;;1-5(2,3)4/h9-10H,3-8H2,1-2H3;;;(H2,1,2,3,4)/q;2*+1;/p-2. The summed E-state index contributed by atoms with van der Waals surface area (Å²) >= 11 is 0. The molecule has 0 amide bonds. The SMILES string of the molecule is CCCCC(CC)C1CCOOO1.O=S(=O)([O-])[O-].[Na+].[Na+]. The third kappa shape index (κ3) is 17.8. The van der Waals surface area contributed by atoms with Crippen LogP contribution >= 0.6 is 0 Å². The summed E-state index contributed by atoms with van der Waals surface area (Å²) in [7, 11) is -5.17. The quantitative estimate of drug-likeness (QED) is 0.216. The van der Waals surface area contributed by atoms with Gasteiger partial charge in [-0.25, -0.2) is 9.78 Å². The summed E-state index contributed by atoms with van der Waals surface area (Å²) in [6.45, 7) is 5.08. The minimum Gasteiger partial charge on any atom is -0.759 e. The van der Waals surface area contributed by atoms with Crippen LogP contribution in [-0.2, 0) is 25.2 Å². The Morgan fingerprint density at radius 2 is 1.80 bits per heavy atom. The zero-order valence-corrected chi connectivity index (χ0v) is 17.5. The summed E-state index contributed by atoms with van der Waals surface area (Å²) in [5.74, 6) is 0.629. The van der Waals surface area contributed by atoms with Gasteiger partial charge in [-0.2, -0.15) is 0 Å². The molecule has 20 heavy (non-hydrogen) atoms. The van der Waals surface area contributed by atoms with E-state index >= 15 is 0 Å². The van der Waals surface area contributed by atoms with Crippen LogP contribution in [0.5, 0.6) is 0 Å². The van der Waals surface area contributed by atoms with Gasteiger partial charge in [0.25, 0.3) is 0 Å². The molecule has 0 radical (unpaired) electrons. The van der Waals surface area contributed by atoms with Crippen molar-refractivity contribution in [2.45, 2.75) is 52.1 Å². The first-order chi connectivity index (χ1) is 8.38. The molecule has 1 aliphatic heterocycles. The second-order valence-corrected chi connectivity index (χ2v) is 4.85. The van der Waals surface area contributed by atoms with E-state index in [0.29, 0.717) is 12.5 Å². The molecule has 1 fully saturated rings. The van der Waals surface area contributed by atoms with Crippen LogP contribution in [0.1, 0.15) is 46.0 Å². The molecule has 0 aromatic rings. The topological polar surface area (TPSA) is 108 Å². The van der Waals surface area contributed by atoms with E-state index in [9.17, 15) is 0 Å². The molecule has 2 unspecified atom stereocenters. The predicted molar refractivity (Wildman–Crippen MR) is 60.3 cm³/mol. The van der Waals surface area contributed by atoms with Crippen molar-refractivity contribution < 1.29 is 91.5 Å². The molecule has 0 bridgehead atoms. The zero-order valence-electron chi connectivity index (χ0n) is 12.7. The van der Waals surface area contributed by atoms with Gasteiger partial charge in [-0.3, -0.25) is 8.42 Å². The molecule has 0 aliphatic carbocycles. The monoisotopic (exact) mass is 330 g/mol. The van der Waals surface area contributed by atoms with Crippen molar-refractivity contribution in [2.75, 3.05) is 6.61 Å².